The number of hydrogen-bond donors (Lipinski definition) is 1. The van der Waals surface area contributed by atoms with Gasteiger partial charge in [0.05, 0.1) is 33.5 Å². The summed E-state index contributed by atoms with van der Waals surface area (Å²) in [5.41, 5.74) is 8.92. The Balaban J connectivity index is 1.40. The number of para-hydroxylation sites is 1. The number of aromatic nitrogens is 3. The summed E-state index contributed by atoms with van der Waals surface area (Å²) in [5.74, 6) is 0.387. The van der Waals surface area contributed by atoms with Gasteiger partial charge in [0.25, 0.3) is 0 Å². The molecule has 61 heavy (non-hydrogen) atoms. The van der Waals surface area contributed by atoms with Crippen LogP contribution in [-0.4, -0.2) is 19.6 Å². The van der Waals surface area contributed by atoms with Crippen molar-refractivity contribution in [1.82, 2.24) is 14.5 Å². The predicted molar refractivity (Wildman–Crippen MR) is 258 cm³/mol. The number of aryl methyl sites for hydroxylation is 2. The third kappa shape index (κ3) is 8.16. The molecule has 0 aliphatic rings. The van der Waals surface area contributed by atoms with Gasteiger partial charge in [-0.3, -0.25) is 9.55 Å². The minimum atomic E-state index is -2.84. The van der Waals surface area contributed by atoms with Crippen molar-refractivity contribution in [3.8, 4) is 67.5 Å². The van der Waals surface area contributed by atoms with Crippen LogP contribution in [0.5, 0.6) is 5.75 Å². The van der Waals surface area contributed by atoms with Crippen LogP contribution in [0, 0.1) is 20.6 Å². The average molecular weight is 812 g/mol. The van der Waals surface area contributed by atoms with Gasteiger partial charge < -0.3 is 5.11 Å². The molecule has 308 valence electrons. The highest BCUT2D eigenvalue weighted by Crippen LogP contribution is 2.43. The molecule has 2 heterocycles. The summed E-state index contributed by atoms with van der Waals surface area (Å²) >= 11 is 0. The van der Waals surface area contributed by atoms with Gasteiger partial charge in [-0.1, -0.05) is 147 Å². The summed E-state index contributed by atoms with van der Waals surface area (Å²) in [6.45, 7) is 15.4. The van der Waals surface area contributed by atoms with Gasteiger partial charge in [-0.2, -0.15) is 0 Å². The van der Waals surface area contributed by atoms with E-state index in [1.54, 1.807) is 18.2 Å². The van der Waals surface area contributed by atoms with Gasteiger partial charge >= 0.3 is 0 Å². The van der Waals surface area contributed by atoms with Gasteiger partial charge in [0.1, 0.15) is 11.6 Å². The standard InChI is InChI=1S/C57H59N3O/c1-35-19-21-38(22-20-35)41-25-26-58-49(33-41)43-29-42(31-46(32-43)57(10,11)12)47-17-14-18-51-52(47)59-54(48-34-45(56(7,8)9)28-37(3)53(48)61)60(51)50-24-23-40(27-36(50)2)39-15-13-16-44(30-39)55(4,5)6/h13-34,61H,1-12H3/i1D3,2D3,19D,20D,21D,22D. The fourth-order valence-electron chi connectivity index (χ4n) is 7.78. The van der Waals surface area contributed by atoms with Gasteiger partial charge in [-0.25, -0.2) is 4.98 Å². The fraction of sp³-hybridized carbons (Fsp3) is 0.263. The first-order valence-electron chi connectivity index (χ1n) is 25.7. The second-order valence-corrected chi connectivity index (χ2v) is 19.2. The van der Waals surface area contributed by atoms with E-state index in [1.807, 2.05) is 78.2 Å². The number of hydrogen-bond acceptors (Lipinski definition) is 3. The van der Waals surface area contributed by atoms with Crippen LogP contribution in [0.1, 0.15) is 109 Å². The van der Waals surface area contributed by atoms with E-state index >= 15 is 0 Å². The Morgan fingerprint density at radius 1 is 0.557 bits per heavy atom. The highest BCUT2D eigenvalue weighted by molar-refractivity contribution is 5.97. The maximum atomic E-state index is 12.0. The molecule has 1 N–H and O–H groups in total. The SMILES string of the molecule is [2H]c1c([2H])c(C([2H])([2H])[2H])c([2H])c([2H])c1-c1ccnc(-c2cc(-c3cccc4c3nc(-c3cc(C(C)(C)C)cc(C)c3O)n4-c3ccc(-c4cccc(C(C)(C)C)c4)cc3C([2H])([2H])[2H])cc(C(C)(C)C)c2)c1. The molecule has 0 spiro atoms. The van der Waals surface area contributed by atoms with Crippen molar-refractivity contribution >= 4 is 11.0 Å². The molecule has 0 radical (unpaired) electrons. The van der Waals surface area contributed by atoms with Crippen LogP contribution >= 0.6 is 0 Å². The van der Waals surface area contributed by atoms with Gasteiger partial charge in [0, 0.05) is 25.5 Å². The van der Waals surface area contributed by atoms with Gasteiger partial charge in [0.2, 0.25) is 0 Å². The summed E-state index contributed by atoms with van der Waals surface area (Å²) in [4.78, 5) is 10.1. The second-order valence-electron chi connectivity index (χ2n) is 19.2. The Hall–Kier alpha value is -6.26. The molecule has 0 fully saturated rings. The van der Waals surface area contributed by atoms with Crippen LogP contribution in [0.25, 0.3) is 72.7 Å². The van der Waals surface area contributed by atoms with Crippen molar-refractivity contribution in [3.05, 3.63) is 167 Å². The zero-order valence-corrected chi connectivity index (χ0v) is 36.7. The van der Waals surface area contributed by atoms with Crippen LogP contribution in [0.15, 0.2) is 133 Å². The summed E-state index contributed by atoms with van der Waals surface area (Å²) in [5, 5.41) is 12.0. The zero-order chi connectivity index (χ0) is 52.1. The van der Waals surface area contributed by atoms with Crippen molar-refractivity contribution in [2.45, 2.75) is 99.2 Å². The van der Waals surface area contributed by atoms with Crippen LogP contribution in [0.4, 0.5) is 0 Å². The Kier molecular flexibility index (Phi) is 7.72. The van der Waals surface area contributed by atoms with E-state index in [9.17, 15) is 5.11 Å². The molecule has 4 nitrogen and oxygen atoms in total. The lowest BCUT2D eigenvalue weighted by atomic mass is 9.83. The third-order valence-electron chi connectivity index (χ3n) is 11.5. The summed E-state index contributed by atoms with van der Waals surface area (Å²) in [6.07, 6.45) is 1.53. The van der Waals surface area contributed by atoms with Crippen molar-refractivity contribution in [3.63, 3.8) is 0 Å². The van der Waals surface area contributed by atoms with Crippen molar-refractivity contribution in [2.75, 3.05) is 0 Å². The first kappa shape index (κ1) is 30.7. The molecule has 6 aromatic carbocycles. The Labute approximate surface area is 377 Å². The number of phenolic OH excluding ortho intramolecular Hbond substituents is 1. The van der Waals surface area contributed by atoms with Crippen LogP contribution in [-0.2, 0) is 16.2 Å². The molecule has 8 aromatic rings. The molecule has 0 unspecified atom stereocenters. The maximum absolute atomic E-state index is 12.0. The number of phenols is 1. The Morgan fingerprint density at radius 2 is 1.21 bits per heavy atom. The lowest BCUT2D eigenvalue weighted by molar-refractivity contribution is 0.471. The maximum Gasteiger partial charge on any atom is 0.149 e. The molecular weight excluding hydrogens is 743 g/mol. The van der Waals surface area contributed by atoms with Crippen molar-refractivity contribution in [1.29, 1.82) is 0 Å². The molecule has 0 saturated heterocycles. The van der Waals surface area contributed by atoms with Gasteiger partial charge in [0.15, 0.2) is 0 Å². The summed E-state index contributed by atoms with van der Waals surface area (Å²) < 4.78 is 87.3. The second kappa shape index (κ2) is 15.3. The summed E-state index contributed by atoms with van der Waals surface area (Å²) in [6, 6.07) is 30.5. The molecule has 0 amide bonds. The molecule has 4 heteroatoms. The Bertz CT molecular complexity index is 3390. The normalized spacial score (nSPS) is 15.1. The molecule has 0 aliphatic heterocycles. The summed E-state index contributed by atoms with van der Waals surface area (Å²) in [7, 11) is 0. The van der Waals surface area contributed by atoms with Crippen LogP contribution < -0.4 is 0 Å². The van der Waals surface area contributed by atoms with Crippen molar-refractivity contribution in [2.24, 2.45) is 0 Å². The molecular formula is C57H59N3O. The van der Waals surface area contributed by atoms with Crippen LogP contribution in [0.3, 0.4) is 0 Å². The minimum Gasteiger partial charge on any atom is -0.507 e. The van der Waals surface area contributed by atoms with E-state index < -0.39 is 43.4 Å². The fourth-order valence-corrected chi connectivity index (χ4v) is 7.78. The topological polar surface area (TPSA) is 50.9 Å². The number of nitrogens with zero attached hydrogens (tertiary/aromatic N) is 3. The number of benzene rings is 6. The first-order valence-corrected chi connectivity index (χ1v) is 20.7. The Morgan fingerprint density at radius 3 is 1.92 bits per heavy atom. The largest absolute Gasteiger partial charge is 0.507 e. The number of fused-ring (bicyclic) bond motifs is 1. The van der Waals surface area contributed by atoms with Crippen molar-refractivity contribution < 1.29 is 18.8 Å². The number of imidazole rings is 1. The van der Waals surface area contributed by atoms with Gasteiger partial charge in [-0.05, 0) is 141 Å². The molecule has 0 bridgehead atoms. The zero-order valence-electron chi connectivity index (χ0n) is 46.7. The lowest BCUT2D eigenvalue weighted by Crippen LogP contribution is -2.12. The average Bonchev–Trinajstić information content (AvgIpc) is 3.67. The van der Waals surface area contributed by atoms with Crippen LogP contribution in [0.2, 0.25) is 0 Å². The van der Waals surface area contributed by atoms with E-state index in [4.69, 9.17) is 23.7 Å². The van der Waals surface area contributed by atoms with Gasteiger partial charge in [-0.15, -0.1) is 0 Å². The number of rotatable bonds is 6. The smallest absolute Gasteiger partial charge is 0.149 e. The predicted octanol–water partition coefficient (Wildman–Crippen LogP) is 15.3. The van der Waals surface area contributed by atoms with E-state index in [1.165, 1.54) is 6.20 Å². The van der Waals surface area contributed by atoms with E-state index in [0.717, 1.165) is 38.9 Å². The quantitative estimate of drug-likeness (QED) is 0.182. The number of aromatic hydroxyl groups is 1. The molecule has 0 saturated carbocycles. The third-order valence-corrected chi connectivity index (χ3v) is 11.5. The monoisotopic (exact) mass is 812 g/mol. The highest BCUT2D eigenvalue weighted by atomic mass is 16.3. The van der Waals surface area contributed by atoms with E-state index in [2.05, 4.69) is 80.5 Å². The minimum absolute atomic E-state index is 0.0277. The first-order chi connectivity index (χ1) is 32.9. The number of pyridine rings is 1. The molecule has 8 rings (SSSR count). The molecule has 2 aromatic heterocycles. The van der Waals surface area contributed by atoms with E-state index in [0.29, 0.717) is 50.5 Å². The molecule has 0 aliphatic carbocycles. The molecule has 0 atom stereocenters. The highest BCUT2D eigenvalue weighted by Gasteiger charge is 2.26. The van der Waals surface area contributed by atoms with E-state index in [-0.39, 0.29) is 33.1 Å². The lowest BCUT2D eigenvalue weighted by Gasteiger charge is -2.22.